The van der Waals surface area contributed by atoms with E-state index in [0.29, 0.717) is 30.2 Å². The highest BCUT2D eigenvalue weighted by Crippen LogP contribution is 2.38. The largest absolute Gasteiger partial charge is 0.396 e. The van der Waals surface area contributed by atoms with Gasteiger partial charge in [-0.05, 0) is 18.2 Å². The van der Waals surface area contributed by atoms with Crippen molar-refractivity contribution in [2.75, 3.05) is 42.3 Å². The molecule has 3 aliphatic heterocycles. The van der Waals surface area contributed by atoms with Crippen molar-refractivity contribution in [3.05, 3.63) is 39.7 Å². The number of fused-ring (bicyclic) bond motifs is 3. The molecule has 0 atom stereocenters. The number of nitrogen functional groups attached to an aromatic ring is 1. The quantitative estimate of drug-likeness (QED) is 0.727. The predicted octanol–water partition coefficient (Wildman–Crippen LogP) is 2.54. The zero-order valence-electron chi connectivity index (χ0n) is 14.2. The molecule has 0 aliphatic carbocycles. The maximum atomic E-state index is 13.8. The van der Waals surface area contributed by atoms with Crippen LogP contribution in [0.15, 0.2) is 27.8 Å². The van der Waals surface area contributed by atoms with Gasteiger partial charge in [0, 0.05) is 33.9 Å². The van der Waals surface area contributed by atoms with Gasteiger partial charge in [-0.3, -0.25) is 4.99 Å². The summed E-state index contributed by atoms with van der Waals surface area (Å²) < 4.78 is 19.6. The van der Waals surface area contributed by atoms with Gasteiger partial charge >= 0.3 is 0 Å². The van der Waals surface area contributed by atoms with Crippen molar-refractivity contribution in [2.45, 2.75) is 6.04 Å². The number of hydrogen-bond acceptors (Lipinski definition) is 7. The Kier molecular flexibility index (Phi) is 3.87. The van der Waals surface area contributed by atoms with Crippen molar-refractivity contribution in [3.8, 4) is 0 Å². The van der Waals surface area contributed by atoms with Crippen LogP contribution in [0.4, 0.5) is 21.8 Å². The topological polar surface area (TPSA) is 88.7 Å². The molecule has 9 heteroatoms. The van der Waals surface area contributed by atoms with E-state index in [1.54, 1.807) is 12.3 Å². The molecule has 1 aromatic carbocycles. The number of amidine groups is 1. The molecule has 1 aromatic heterocycles. The minimum atomic E-state index is -0.452. The first-order valence-corrected chi connectivity index (χ1v) is 9.40. The third-order valence-electron chi connectivity index (χ3n) is 4.78. The molecule has 3 aliphatic rings. The maximum Gasteiger partial charge on any atom is 0.225 e. The Balaban J connectivity index is 1.59. The summed E-state index contributed by atoms with van der Waals surface area (Å²) in [5, 5.41) is 3.27. The molecule has 138 valence electrons. The first kappa shape index (κ1) is 16.6. The molecule has 1 saturated heterocycles. The van der Waals surface area contributed by atoms with Crippen LogP contribution in [0.3, 0.4) is 0 Å². The summed E-state index contributed by atoms with van der Waals surface area (Å²) in [7, 11) is 0. The lowest BCUT2D eigenvalue weighted by Crippen LogP contribution is -2.41. The van der Waals surface area contributed by atoms with E-state index >= 15 is 0 Å². The molecule has 2 aromatic rings. The first-order chi connectivity index (χ1) is 13.1. The number of anilines is 3. The number of rotatable bonds is 3. The van der Waals surface area contributed by atoms with E-state index in [-0.39, 0.29) is 11.7 Å². The van der Waals surface area contributed by atoms with Gasteiger partial charge in [-0.2, -0.15) is 4.98 Å². The van der Waals surface area contributed by atoms with Crippen molar-refractivity contribution in [1.29, 1.82) is 0 Å². The van der Waals surface area contributed by atoms with Gasteiger partial charge in [0.05, 0.1) is 31.5 Å². The molecule has 0 saturated carbocycles. The smallest absolute Gasteiger partial charge is 0.225 e. The van der Waals surface area contributed by atoms with Crippen LogP contribution in [0.2, 0.25) is 0 Å². The molecule has 7 nitrogen and oxygen atoms in total. The van der Waals surface area contributed by atoms with E-state index < -0.39 is 5.82 Å². The average molecular weight is 431 g/mol. The fourth-order valence-electron chi connectivity index (χ4n) is 3.35. The minimum Gasteiger partial charge on any atom is -0.396 e. The third-order valence-corrected chi connectivity index (χ3v) is 5.44. The van der Waals surface area contributed by atoms with Gasteiger partial charge in [0.2, 0.25) is 5.95 Å². The molecule has 0 spiro atoms. The summed E-state index contributed by atoms with van der Waals surface area (Å²) in [4.78, 5) is 15.8. The van der Waals surface area contributed by atoms with Gasteiger partial charge in [0.1, 0.15) is 17.5 Å². The average Bonchev–Trinajstić information content (AvgIpc) is 3.11. The van der Waals surface area contributed by atoms with Gasteiger partial charge in [-0.25, -0.2) is 9.37 Å². The van der Waals surface area contributed by atoms with Crippen LogP contribution >= 0.6 is 15.9 Å². The van der Waals surface area contributed by atoms with E-state index in [1.807, 2.05) is 6.08 Å². The van der Waals surface area contributed by atoms with Crippen molar-refractivity contribution in [1.82, 2.24) is 9.97 Å². The van der Waals surface area contributed by atoms with Gasteiger partial charge < -0.3 is 20.7 Å². The summed E-state index contributed by atoms with van der Waals surface area (Å²) in [6.07, 6.45) is 3.77. The fraction of sp³-hybridized carbons (Fsp3) is 0.278. The van der Waals surface area contributed by atoms with E-state index in [9.17, 15) is 4.39 Å². The Bertz CT molecular complexity index is 1000. The summed E-state index contributed by atoms with van der Waals surface area (Å²) in [5.41, 5.74) is 8.44. The predicted molar refractivity (Wildman–Crippen MR) is 106 cm³/mol. The SMILES string of the molecule is Nc1cc(C2=Cc3cnc(NC4COC4)nc3N3CCN=C23)c(Br)cc1F. The number of ether oxygens (including phenoxy) is 1. The van der Waals surface area contributed by atoms with E-state index in [4.69, 9.17) is 10.5 Å². The highest BCUT2D eigenvalue weighted by Gasteiger charge is 2.32. The zero-order chi connectivity index (χ0) is 18.5. The summed E-state index contributed by atoms with van der Waals surface area (Å²) in [5.74, 6) is 1.76. The summed E-state index contributed by atoms with van der Waals surface area (Å²) >= 11 is 3.44. The van der Waals surface area contributed by atoms with Gasteiger partial charge in [-0.1, -0.05) is 15.9 Å². The van der Waals surface area contributed by atoms with Crippen molar-refractivity contribution >= 4 is 50.9 Å². The van der Waals surface area contributed by atoms with Crippen molar-refractivity contribution in [3.63, 3.8) is 0 Å². The van der Waals surface area contributed by atoms with Crippen molar-refractivity contribution < 1.29 is 9.13 Å². The number of aromatic nitrogens is 2. The molecular weight excluding hydrogens is 415 g/mol. The van der Waals surface area contributed by atoms with Gasteiger partial charge in [0.25, 0.3) is 0 Å². The second kappa shape index (κ2) is 6.28. The number of aliphatic imine (C=N–C) groups is 1. The molecule has 1 fully saturated rings. The maximum absolute atomic E-state index is 13.8. The van der Waals surface area contributed by atoms with Crippen LogP contribution in [0, 0.1) is 5.82 Å². The molecule has 0 unspecified atom stereocenters. The van der Waals surface area contributed by atoms with Crippen LogP contribution in [-0.2, 0) is 4.74 Å². The lowest BCUT2D eigenvalue weighted by molar-refractivity contribution is 0.0208. The van der Waals surface area contributed by atoms with E-state index in [0.717, 1.165) is 34.9 Å². The highest BCUT2D eigenvalue weighted by molar-refractivity contribution is 9.10. The van der Waals surface area contributed by atoms with Crippen LogP contribution in [-0.4, -0.2) is 48.1 Å². The molecular formula is C18H16BrFN6O. The molecule has 0 bridgehead atoms. The lowest BCUT2D eigenvalue weighted by Gasteiger charge is -2.30. The van der Waals surface area contributed by atoms with Crippen molar-refractivity contribution in [2.24, 2.45) is 4.99 Å². The van der Waals surface area contributed by atoms with Crippen LogP contribution in [0.1, 0.15) is 11.1 Å². The Morgan fingerprint density at radius 1 is 1.33 bits per heavy atom. The Labute approximate surface area is 163 Å². The second-order valence-electron chi connectivity index (χ2n) is 6.62. The Hall–Kier alpha value is -2.52. The van der Waals surface area contributed by atoms with Gasteiger partial charge in [0.15, 0.2) is 0 Å². The molecule has 27 heavy (non-hydrogen) atoms. The first-order valence-electron chi connectivity index (χ1n) is 8.60. The van der Waals surface area contributed by atoms with Crippen LogP contribution in [0.25, 0.3) is 11.6 Å². The van der Waals surface area contributed by atoms with Crippen LogP contribution in [0.5, 0.6) is 0 Å². The fourth-order valence-corrected chi connectivity index (χ4v) is 3.87. The van der Waals surface area contributed by atoms with Crippen LogP contribution < -0.4 is 16.0 Å². The zero-order valence-corrected chi connectivity index (χ0v) is 15.8. The van der Waals surface area contributed by atoms with E-state index in [1.165, 1.54) is 6.07 Å². The molecule has 0 radical (unpaired) electrons. The third kappa shape index (κ3) is 2.78. The number of nitrogens with zero attached hydrogens (tertiary/aromatic N) is 4. The summed E-state index contributed by atoms with van der Waals surface area (Å²) in [6.45, 7) is 2.74. The number of halogens is 2. The normalized spacial score (nSPS) is 18.4. The summed E-state index contributed by atoms with van der Waals surface area (Å²) in [6, 6.07) is 3.26. The number of benzene rings is 1. The molecule has 0 amide bonds. The molecule has 5 rings (SSSR count). The molecule has 3 N–H and O–H groups in total. The van der Waals surface area contributed by atoms with E-state index in [2.05, 4.69) is 41.1 Å². The Morgan fingerprint density at radius 3 is 2.96 bits per heavy atom. The Morgan fingerprint density at radius 2 is 2.19 bits per heavy atom. The van der Waals surface area contributed by atoms with Gasteiger partial charge in [-0.15, -0.1) is 0 Å². The number of nitrogens with one attached hydrogen (secondary N) is 1. The number of nitrogens with two attached hydrogens (primary N) is 1. The standard InChI is InChI=1S/C18H16BrFN6O/c19-13-5-14(20)15(21)4-11(13)12-3-9-6-23-18(24-10-7-27-8-10)25-16(9)26-2-1-22-17(12)26/h3-6,10H,1-2,7-8,21H2,(H,23,24,25). The number of hydrogen-bond donors (Lipinski definition) is 2. The monoisotopic (exact) mass is 430 g/mol. The highest BCUT2D eigenvalue weighted by atomic mass is 79.9. The lowest BCUT2D eigenvalue weighted by atomic mass is 9.98. The second-order valence-corrected chi connectivity index (χ2v) is 7.47. The molecule has 4 heterocycles. The minimum absolute atomic E-state index is 0.101.